The molecular formula is C51H34N2O. The zero-order chi connectivity index (χ0) is 36.0. The fourth-order valence-electron chi connectivity index (χ4n) is 8.96. The molecule has 0 atom stereocenters. The lowest BCUT2D eigenvalue weighted by molar-refractivity contribution is 0.661. The van der Waals surface area contributed by atoms with Crippen molar-refractivity contribution in [1.82, 2.24) is 9.97 Å². The lowest BCUT2D eigenvalue weighted by atomic mass is 9.81. The molecule has 2 heterocycles. The molecule has 3 heteroatoms. The third-order valence-corrected chi connectivity index (χ3v) is 11.5. The number of nitrogens with zero attached hydrogens (tertiary/aromatic N) is 2. The number of fused-ring (bicyclic) bond motifs is 9. The molecular weight excluding hydrogens is 657 g/mol. The van der Waals surface area contributed by atoms with E-state index in [-0.39, 0.29) is 5.41 Å². The minimum atomic E-state index is -0.116. The Morgan fingerprint density at radius 1 is 0.426 bits per heavy atom. The van der Waals surface area contributed by atoms with Crippen molar-refractivity contribution in [2.45, 2.75) is 19.3 Å². The summed E-state index contributed by atoms with van der Waals surface area (Å²) in [6.45, 7) is 4.72. The van der Waals surface area contributed by atoms with Crippen LogP contribution in [0.3, 0.4) is 0 Å². The fourth-order valence-corrected chi connectivity index (χ4v) is 8.96. The van der Waals surface area contributed by atoms with Gasteiger partial charge in [-0.1, -0.05) is 166 Å². The van der Waals surface area contributed by atoms with Gasteiger partial charge in [0.1, 0.15) is 11.2 Å². The molecule has 0 spiro atoms. The minimum absolute atomic E-state index is 0.116. The molecule has 0 fully saturated rings. The predicted molar refractivity (Wildman–Crippen MR) is 224 cm³/mol. The van der Waals surface area contributed by atoms with E-state index in [1.54, 1.807) is 0 Å². The molecule has 0 saturated carbocycles. The van der Waals surface area contributed by atoms with Gasteiger partial charge in [0.05, 0.1) is 11.4 Å². The van der Waals surface area contributed by atoms with Gasteiger partial charge in [0.25, 0.3) is 0 Å². The average Bonchev–Trinajstić information content (AvgIpc) is 3.73. The van der Waals surface area contributed by atoms with Crippen molar-refractivity contribution >= 4 is 43.5 Å². The Hall–Kier alpha value is -6.84. The first kappa shape index (κ1) is 30.8. The zero-order valence-corrected chi connectivity index (χ0v) is 30.0. The highest BCUT2D eigenvalue weighted by atomic mass is 16.3. The maximum Gasteiger partial charge on any atom is 0.160 e. The molecule has 0 N–H and O–H groups in total. The number of benzene rings is 8. The molecule has 0 saturated heterocycles. The molecule has 0 unspecified atom stereocenters. The third kappa shape index (κ3) is 4.48. The number of aromatic nitrogens is 2. The van der Waals surface area contributed by atoms with E-state index in [0.29, 0.717) is 5.82 Å². The lowest BCUT2D eigenvalue weighted by Crippen LogP contribution is -2.14. The van der Waals surface area contributed by atoms with Gasteiger partial charge in [0.15, 0.2) is 5.82 Å². The van der Waals surface area contributed by atoms with Crippen LogP contribution in [0.1, 0.15) is 25.0 Å². The molecule has 2 aromatic heterocycles. The Morgan fingerprint density at radius 2 is 1.04 bits per heavy atom. The molecule has 11 rings (SSSR count). The molecule has 8 aromatic carbocycles. The zero-order valence-electron chi connectivity index (χ0n) is 30.0. The van der Waals surface area contributed by atoms with Gasteiger partial charge >= 0.3 is 0 Å². The quantitative estimate of drug-likeness (QED) is 0.184. The number of furan rings is 1. The van der Waals surface area contributed by atoms with Gasteiger partial charge in [-0.2, -0.15) is 0 Å². The molecule has 54 heavy (non-hydrogen) atoms. The SMILES string of the molecule is CC1(C)c2cccc(-c3ccc(-c4cc(-c5cccc6oc7ccccc7c56)nc(-c5ccccc5)n4)c4ccccc34)c2-c2c1ccc1ccccc21. The summed E-state index contributed by atoms with van der Waals surface area (Å²) >= 11 is 0. The molecule has 0 bridgehead atoms. The van der Waals surface area contributed by atoms with Gasteiger partial charge < -0.3 is 4.42 Å². The van der Waals surface area contributed by atoms with Crippen LogP contribution in [-0.4, -0.2) is 9.97 Å². The van der Waals surface area contributed by atoms with Gasteiger partial charge in [-0.15, -0.1) is 0 Å². The molecule has 1 aliphatic carbocycles. The number of hydrogen-bond donors (Lipinski definition) is 0. The van der Waals surface area contributed by atoms with Crippen molar-refractivity contribution in [3.8, 4) is 56.2 Å². The van der Waals surface area contributed by atoms with Crippen LogP contribution in [0.2, 0.25) is 0 Å². The van der Waals surface area contributed by atoms with Gasteiger partial charge in [-0.25, -0.2) is 9.97 Å². The van der Waals surface area contributed by atoms with Gasteiger partial charge in [-0.05, 0) is 73.1 Å². The Bertz CT molecular complexity index is 3130. The van der Waals surface area contributed by atoms with E-state index in [0.717, 1.165) is 55.4 Å². The standard InChI is InChI=1S/C51H34N2O/c1-51(2)41-23-12-21-38(49(41)48-33-17-7-6-14-31(33)26-29-42(48)51)36-27-28-37(35-19-9-8-18-34(35)36)43-30-44(53-50(52-43)32-15-4-3-5-16-32)39-22-13-25-46-47(39)40-20-10-11-24-45(40)54-46/h3-30H,1-2H3. The highest BCUT2D eigenvalue weighted by Crippen LogP contribution is 2.55. The summed E-state index contributed by atoms with van der Waals surface area (Å²) < 4.78 is 6.30. The minimum Gasteiger partial charge on any atom is -0.456 e. The van der Waals surface area contributed by atoms with Gasteiger partial charge in [0, 0.05) is 32.9 Å². The van der Waals surface area contributed by atoms with Gasteiger partial charge in [-0.3, -0.25) is 0 Å². The summed E-state index contributed by atoms with van der Waals surface area (Å²) in [5.74, 6) is 0.688. The summed E-state index contributed by atoms with van der Waals surface area (Å²) in [6, 6.07) is 60.5. The van der Waals surface area contributed by atoms with Crippen molar-refractivity contribution in [2.75, 3.05) is 0 Å². The van der Waals surface area contributed by atoms with Crippen molar-refractivity contribution in [3.05, 3.63) is 181 Å². The number of rotatable bonds is 4. The summed E-state index contributed by atoms with van der Waals surface area (Å²) in [7, 11) is 0. The van der Waals surface area contributed by atoms with E-state index in [9.17, 15) is 0 Å². The topological polar surface area (TPSA) is 38.9 Å². The average molecular weight is 691 g/mol. The van der Waals surface area contributed by atoms with Crippen LogP contribution in [0, 0.1) is 0 Å². The summed E-state index contributed by atoms with van der Waals surface area (Å²) in [6.07, 6.45) is 0. The van der Waals surface area contributed by atoms with E-state index < -0.39 is 0 Å². The lowest BCUT2D eigenvalue weighted by Gasteiger charge is -2.22. The predicted octanol–water partition coefficient (Wildman–Crippen LogP) is 13.7. The monoisotopic (exact) mass is 690 g/mol. The Kier molecular flexibility index (Phi) is 6.60. The largest absolute Gasteiger partial charge is 0.456 e. The fraction of sp³-hybridized carbons (Fsp3) is 0.0588. The van der Waals surface area contributed by atoms with Crippen LogP contribution in [-0.2, 0) is 5.41 Å². The molecule has 0 amide bonds. The maximum atomic E-state index is 6.30. The van der Waals surface area contributed by atoms with Crippen LogP contribution in [0.15, 0.2) is 174 Å². The van der Waals surface area contributed by atoms with Crippen LogP contribution in [0.5, 0.6) is 0 Å². The van der Waals surface area contributed by atoms with E-state index >= 15 is 0 Å². The first-order valence-electron chi connectivity index (χ1n) is 18.6. The van der Waals surface area contributed by atoms with Crippen LogP contribution in [0.25, 0.3) is 99.6 Å². The molecule has 3 nitrogen and oxygen atoms in total. The third-order valence-electron chi connectivity index (χ3n) is 11.5. The smallest absolute Gasteiger partial charge is 0.160 e. The Labute approximate surface area is 313 Å². The van der Waals surface area contributed by atoms with Gasteiger partial charge in [0.2, 0.25) is 0 Å². The van der Waals surface area contributed by atoms with Crippen LogP contribution < -0.4 is 0 Å². The molecule has 0 aliphatic heterocycles. The van der Waals surface area contributed by atoms with E-state index in [2.05, 4.69) is 147 Å². The summed E-state index contributed by atoms with van der Waals surface area (Å²) in [4.78, 5) is 10.5. The second-order valence-corrected chi connectivity index (χ2v) is 14.9. The molecule has 254 valence electrons. The summed E-state index contributed by atoms with van der Waals surface area (Å²) in [5, 5.41) is 7.05. The van der Waals surface area contributed by atoms with Crippen molar-refractivity contribution in [2.24, 2.45) is 0 Å². The van der Waals surface area contributed by atoms with E-state index in [1.165, 1.54) is 49.5 Å². The van der Waals surface area contributed by atoms with Crippen LogP contribution >= 0.6 is 0 Å². The van der Waals surface area contributed by atoms with E-state index in [1.807, 2.05) is 36.4 Å². The normalized spacial score (nSPS) is 13.1. The van der Waals surface area contributed by atoms with Crippen molar-refractivity contribution in [3.63, 3.8) is 0 Å². The first-order valence-corrected chi connectivity index (χ1v) is 18.6. The second-order valence-electron chi connectivity index (χ2n) is 14.9. The maximum absolute atomic E-state index is 6.30. The Balaban J connectivity index is 1.16. The number of para-hydroxylation sites is 1. The highest BCUT2D eigenvalue weighted by molar-refractivity contribution is 6.13. The molecule has 0 radical (unpaired) electrons. The van der Waals surface area contributed by atoms with Crippen molar-refractivity contribution in [1.29, 1.82) is 0 Å². The first-order chi connectivity index (χ1) is 26.5. The van der Waals surface area contributed by atoms with Crippen LogP contribution in [0.4, 0.5) is 0 Å². The van der Waals surface area contributed by atoms with E-state index in [4.69, 9.17) is 14.4 Å². The second kappa shape index (κ2) is 11.6. The van der Waals surface area contributed by atoms with Crippen molar-refractivity contribution < 1.29 is 4.42 Å². The summed E-state index contributed by atoms with van der Waals surface area (Å²) in [5.41, 5.74) is 14.3. The Morgan fingerprint density at radius 3 is 1.87 bits per heavy atom. The molecule has 10 aromatic rings. The molecule has 1 aliphatic rings. The highest BCUT2D eigenvalue weighted by Gasteiger charge is 2.38. The number of hydrogen-bond acceptors (Lipinski definition) is 3.